The normalized spacial score (nSPS) is 24.4. The Morgan fingerprint density at radius 3 is 2.41 bits per heavy atom. The SMILES string of the molecule is CCC(C)C(C(CC(=O)N1CCCC1C(OC)C(C)C(=O)CC(Cc1cccc(N)c1)c1nccs1)OC)N(C)C(=O)C(CC(=O)C1NC2CCC1C2)C(C)C. The van der Waals surface area contributed by atoms with Gasteiger partial charge in [0, 0.05) is 81.7 Å². The molecule has 1 aromatic heterocycles. The zero-order valence-electron chi connectivity index (χ0n) is 34.9. The van der Waals surface area contributed by atoms with E-state index in [9.17, 15) is 19.2 Å². The molecule has 2 bridgehead atoms. The van der Waals surface area contributed by atoms with Crippen molar-refractivity contribution in [2.24, 2.45) is 29.6 Å². The average molecular weight is 794 g/mol. The average Bonchev–Trinajstić information content (AvgIpc) is 4.03. The molecule has 12 heteroatoms. The Morgan fingerprint density at radius 1 is 1.05 bits per heavy atom. The number of rotatable bonds is 21. The Bertz CT molecular complexity index is 1620. The molecule has 2 amide bonds. The van der Waals surface area contributed by atoms with Crippen molar-refractivity contribution in [3.8, 4) is 0 Å². The van der Waals surface area contributed by atoms with Gasteiger partial charge in [0.1, 0.15) is 5.78 Å². The standard InChI is InChI=1S/C44H67N5O6S/c1-9-27(4)41(48(6)44(53)34(26(2)3)24-37(51)40-30-15-16-33(22-30)47-40)38(54-7)25-39(52)49-18-11-14-35(49)42(55-8)28(5)36(50)23-31(43-46-17-19-56-43)20-29-12-10-13-32(45)21-29/h10,12-13,17,19,21,26-28,30-31,33-35,38,40-42,47H,9,11,14-16,18,20,22-25,45H2,1-8H3. The summed E-state index contributed by atoms with van der Waals surface area (Å²) >= 11 is 1.55. The fraction of sp³-hybridized carbons (Fsp3) is 0.705. The lowest BCUT2D eigenvalue weighted by atomic mass is 9.83. The number of ketones is 2. The molecule has 2 aromatic rings. The Morgan fingerprint density at radius 2 is 1.82 bits per heavy atom. The van der Waals surface area contributed by atoms with Crippen LogP contribution in [0.5, 0.6) is 0 Å². The third-order valence-corrected chi connectivity index (χ3v) is 14.2. The number of carbonyl (C=O) groups is 4. The van der Waals surface area contributed by atoms with E-state index in [0.29, 0.717) is 37.0 Å². The number of benzene rings is 1. The Kier molecular flexibility index (Phi) is 15.7. The van der Waals surface area contributed by atoms with E-state index in [1.54, 1.807) is 36.7 Å². The van der Waals surface area contributed by atoms with Gasteiger partial charge in [-0.2, -0.15) is 0 Å². The molecule has 3 N–H and O–H groups in total. The summed E-state index contributed by atoms with van der Waals surface area (Å²) in [4.78, 5) is 64.5. The number of thiazole rings is 1. The number of nitrogens with two attached hydrogens (primary N) is 1. The number of methoxy groups -OCH3 is 2. The summed E-state index contributed by atoms with van der Waals surface area (Å²) in [6, 6.07) is 7.38. The highest BCUT2D eigenvalue weighted by atomic mass is 32.1. The van der Waals surface area contributed by atoms with Crippen LogP contribution >= 0.6 is 11.3 Å². The minimum atomic E-state index is -0.561. The third-order valence-electron chi connectivity index (χ3n) is 13.3. The Hall–Kier alpha value is -3.19. The molecule has 11 atom stereocenters. The number of Topliss-reactive ketones (excluding diaryl/α,β-unsaturated/α-hetero) is 2. The highest BCUT2D eigenvalue weighted by molar-refractivity contribution is 7.09. The number of likely N-dealkylation sites (tertiary alicyclic amines) is 1. The fourth-order valence-corrected chi connectivity index (χ4v) is 10.6. The van der Waals surface area contributed by atoms with Crippen LogP contribution in [0.25, 0.3) is 0 Å². The predicted octanol–water partition coefficient (Wildman–Crippen LogP) is 6.30. The van der Waals surface area contributed by atoms with E-state index in [-0.39, 0.29) is 72.1 Å². The number of carbonyl (C=O) groups excluding carboxylic acids is 4. The molecule has 310 valence electrons. The molecule has 56 heavy (non-hydrogen) atoms. The number of piperidine rings is 1. The molecule has 5 rings (SSSR count). The molecule has 2 aliphatic heterocycles. The highest BCUT2D eigenvalue weighted by Gasteiger charge is 2.46. The number of amides is 2. The number of nitrogens with one attached hydrogen (secondary N) is 1. The van der Waals surface area contributed by atoms with Gasteiger partial charge in [-0.25, -0.2) is 4.98 Å². The van der Waals surface area contributed by atoms with Crippen molar-refractivity contribution in [1.29, 1.82) is 0 Å². The number of hydrogen-bond acceptors (Lipinski definition) is 10. The predicted molar refractivity (Wildman–Crippen MR) is 221 cm³/mol. The van der Waals surface area contributed by atoms with E-state index < -0.39 is 24.0 Å². The van der Waals surface area contributed by atoms with Gasteiger partial charge in [0.2, 0.25) is 11.8 Å². The van der Waals surface area contributed by atoms with Crippen LogP contribution in [0.1, 0.15) is 109 Å². The van der Waals surface area contributed by atoms with Crippen molar-refractivity contribution < 1.29 is 28.7 Å². The molecule has 1 aromatic carbocycles. The number of fused-ring (bicyclic) bond motifs is 2. The maximum Gasteiger partial charge on any atom is 0.226 e. The number of nitrogens with zero attached hydrogens (tertiary/aromatic N) is 3. The van der Waals surface area contributed by atoms with Crippen molar-refractivity contribution in [1.82, 2.24) is 20.1 Å². The van der Waals surface area contributed by atoms with Crippen LogP contribution in [0.4, 0.5) is 5.69 Å². The molecule has 0 radical (unpaired) electrons. The molecule has 1 saturated carbocycles. The van der Waals surface area contributed by atoms with Gasteiger partial charge in [-0.3, -0.25) is 19.2 Å². The van der Waals surface area contributed by atoms with Crippen molar-refractivity contribution in [3.05, 3.63) is 46.4 Å². The molecule has 3 aliphatic rings. The number of aromatic nitrogens is 1. The van der Waals surface area contributed by atoms with E-state index in [2.05, 4.69) is 24.1 Å². The lowest BCUT2D eigenvalue weighted by Gasteiger charge is -2.41. The molecule has 3 heterocycles. The summed E-state index contributed by atoms with van der Waals surface area (Å²) in [5, 5.41) is 6.36. The maximum absolute atomic E-state index is 14.4. The van der Waals surface area contributed by atoms with Gasteiger partial charge in [0.15, 0.2) is 5.78 Å². The van der Waals surface area contributed by atoms with Crippen molar-refractivity contribution in [3.63, 3.8) is 0 Å². The van der Waals surface area contributed by atoms with Gasteiger partial charge in [0.25, 0.3) is 0 Å². The summed E-state index contributed by atoms with van der Waals surface area (Å²) in [6.45, 7) is 10.7. The summed E-state index contributed by atoms with van der Waals surface area (Å²) in [7, 11) is 5.05. The lowest BCUT2D eigenvalue weighted by molar-refractivity contribution is -0.149. The first kappa shape index (κ1) is 43.9. The monoisotopic (exact) mass is 793 g/mol. The van der Waals surface area contributed by atoms with Crippen LogP contribution in [0.2, 0.25) is 0 Å². The molecule has 3 fully saturated rings. The zero-order valence-corrected chi connectivity index (χ0v) is 35.8. The minimum Gasteiger partial charge on any atom is -0.399 e. The van der Waals surface area contributed by atoms with Crippen LogP contribution in [-0.4, -0.2) is 102 Å². The molecule has 2 saturated heterocycles. The van der Waals surface area contributed by atoms with Gasteiger partial charge in [-0.1, -0.05) is 53.2 Å². The van der Waals surface area contributed by atoms with Gasteiger partial charge >= 0.3 is 0 Å². The summed E-state index contributed by atoms with van der Waals surface area (Å²) in [5.74, 6) is -0.577. The molecular weight excluding hydrogens is 727 g/mol. The molecule has 1 aliphatic carbocycles. The molecule has 0 spiro atoms. The lowest BCUT2D eigenvalue weighted by Crippen LogP contribution is -2.54. The van der Waals surface area contributed by atoms with E-state index in [1.165, 1.54) is 0 Å². The second-order valence-electron chi connectivity index (χ2n) is 17.2. The number of likely N-dealkylation sites (N-methyl/N-ethyl adjacent to an activating group) is 1. The smallest absolute Gasteiger partial charge is 0.226 e. The van der Waals surface area contributed by atoms with Gasteiger partial charge in [0.05, 0.1) is 41.8 Å². The summed E-state index contributed by atoms with van der Waals surface area (Å²) in [5.41, 5.74) is 7.81. The Balaban J connectivity index is 1.26. The second kappa shape index (κ2) is 20.0. The van der Waals surface area contributed by atoms with Gasteiger partial charge in [-0.15, -0.1) is 11.3 Å². The quantitative estimate of drug-likeness (QED) is 0.139. The summed E-state index contributed by atoms with van der Waals surface area (Å²) < 4.78 is 12.2. The van der Waals surface area contributed by atoms with Crippen molar-refractivity contribution in [2.75, 3.05) is 33.5 Å². The van der Waals surface area contributed by atoms with Gasteiger partial charge in [-0.05, 0) is 74.0 Å². The maximum atomic E-state index is 14.4. The van der Waals surface area contributed by atoms with E-state index >= 15 is 0 Å². The van der Waals surface area contributed by atoms with Gasteiger partial charge < -0.3 is 30.3 Å². The Labute approximate surface area is 338 Å². The third kappa shape index (κ3) is 10.3. The topological polar surface area (TPSA) is 144 Å². The van der Waals surface area contributed by atoms with Crippen LogP contribution in [0, 0.1) is 29.6 Å². The number of nitrogen functional groups attached to an aromatic ring is 1. The van der Waals surface area contributed by atoms with Crippen molar-refractivity contribution in [2.45, 2.75) is 141 Å². The second-order valence-corrected chi connectivity index (χ2v) is 18.1. The molecule has 11 unspecified atom stereocenters. The summed E-state index contributed by atoms with van der Waals surface area (Å²) in [6.07, 6.45) is 7.54. The van der Waals surface area contributed by atoms with Crippen LogP contribution < -0.4 is 11.1 Å². The van der Waals surface area contributed by atoms with Crippen LogP contribution in [0.3, 0.4) is 0 Å². The first-order chi connectivity index (χ1) is 26.8. The van der Waals surface area contributed by atoms with E-state index in [1.807, 2.05) is 62.4 Å². The van der Waals surface area contributed by atoms with Crippen LogP contribution in [0.15, 0.2) is 35.8 Å². The molecule has 11 nitrogen and oxygen atoms in total. The minimum absolute atomic E-state index is 0.0253. The number of ether oxygens (including phenoxy) is 2. The zero-order chi connectivity index (χ0) is 40.7. The molecular formula is C44H67N5O6S. The first-order valence-corrected chi connectivity index (χ1v) is 21.8. The fourth-order valence-electron chi connectivity index (χ4n) is 9.89. The van der Waals surface area contributed by atoms with E-state index in [4.69, 9.17) is 15.2 Å². The first-order valence-electron chi connectivity index (χ1n) is 20.9. The van der Waals surface area contributed by atoms with E-state index in [0.717, 1.165) is 49.1 Å². The number of hydrogen-bond donors (Lipinski definition) is 2. The van der Waals surface area contributed by atoms with Crippen LogP contribution in [-0.2, 0) is 35.1 Å². The van der Waals surface area contributed by atoms with Crippen molar-refractivity contribution >= 4 is 40.4 Å². The highest BCUT2D eigenvalue weighted by Crippen LogP contribution is 2.38. The number of anilines is 1. The largest absolute Gasteiger partial charge is 0.399 e.